The third kappa shape index (κ3) is 3.96. The monoisotopic (exact) mass is 319 g/mol. The van der Waals surface area contributed by atoms with Crippen molar-refractivity contribution in [3.05, 3.63) is 39.9 Å². The lowest BCUT2D eigenvalue weighted by molar-refractivity contribution is -0.384. The van der Waals surface area contributed by atoms with Crippen molar-refractivity contribution < 1.29 is 24.3 Å². The third-order valence-electron chi connectivity index (χ3n) is 3.31. The normalized spacial score (nSPS) is 17.0. The number of rotatable bonds is 4. The second-order valence-electron chi connectivity index (χ2n) is 4.94. The average Bonchev–Trinajstić information content (AvgIpc) is 2.84. The van der Waals surface area contributed by atoms with Gasteiger partial charge >= 0.3 is 11.9 Å². The van der Waals surface area contributed by atoms with E-state index in [9.17, 15) is 19.7 Å². The van der Waals surface area contributed by atoms with Crippen LogP contribution in [0.15, 0.2) is 24.3 Å². The largest absolute Gasteiger partial charge is 0.369 e. The van der Waals surface area contributed by atoms with Crippen molar-refractivity contribution in [1.82, 2.24) is 0 Å². The van der Waals surface area contributed by atoms with Crippen molar-refractivity contribution in [3.63, 3.8) is 0 Å². The Bertz CT molecular complexity index is 666. The van der Waals surface area contributed by atoms with Gasteiger partial charge < -0.3 is 10.8 Å². The van der Waals surface area contributed by atoms with Crippen LogP contribution in [-0.2, 0) is 25.8 Å². The SMILES string of the molecule is N=C1CCC(=N)C1C(=O)OOC(=O)Cc1ccc([N+](=O)[O-])cc1. The molecule has 1 aromatic rings. The van der Waals surface area contributed by atoms with Gasteiger partial charge in [0.2, 0.25) is 0 Å². The number of nitrogens with zero attached hydrogens (tertiary/aromatic N) is 1. The van der Waals surface area contributed by atoms with Gasteiger partial charge in [0.15, 0.2) is 0 Å². The number of benzene rings is 1. The van der Waals surface area contributed by atoms with E-state index in [-0.39, 0.29) is 23.5 Å². The fourth-order valence-electron chi connectivity index (χ4n) is 2.12. The van der Waals surface area contributed by atoms with E-state index < -0.39 is 22.8 Å². The van der Waals surface area contributed by atoms with Crippen LogP contribution >= 0.6 is 0 Å². The molecule has 0 radical (unpaired) electrons. The molecule has 0 atom stereocenters. The first-order valence-electron chi connectivity index (χ1n) is 6.67. The molecule has 0 aromatic heterocycles. The van der Waals surface area contributed by atoms with E-state index in [0.717, 1.165) is 0 Å². The first-order chi connectivity index (χ1) is 10.9. The molecule has 1 aliphatic rings. The van der Waals surface area contributed by atoms with Crippen molar-refractivity contribution in [2.24, 2.45) is 5.92 Å². The Labute approximate surface area is 130 Å². The van der Waals surface area contributed by atoms with Gasteiger partial charge in [0.1, 0.15) is 5.92 Å². The second-order valence-corrected chi connectivity index (χ2v) is 4.94. The van der Waals surface area contributed by atoms with Crippen LogP contribution in [-0.4, -0.2) is 28.3 Å². The maximum atomic E-state index is 11.7. The molecule has 0 bridgehead atoms. The Morgan fingerprint density at radius 3 is 2.22 bits per heavy atom. The van der Waals surface area contributed by atoms with E-state index in [1.165, 1.54) is 24.3 Å². The number of carbonyl (C=O) groups excluding carboxylic acids is 2. The second kappa shape index (κ2) is 6.77. The molecular weight excluding hydrogens is 306 g/mol. The van der Waals surface area contributed by atoms with Crippen LogP contribution in [0.5, 0.6) is 0 Å². The van der Waals surface area contributed by atoms with E-state index in [4.69, 9.17) is 10.8 Å². The fraction of sp³-hybridized carbons (Fsp3) is 0.286. The van der Waals surface area contributed by atoms with Crippen LogP contribution in [0.1, 0.15) is 18.4 Å². The van der Waals surface area contributed by atoms with Crippen molar-refractivity contribution in [1.29, 1.82) is 10.8 Å². The van der Waals surface area contributed by atoms with Gasteiger partial charge in [0.25, 0.3) is 5.69 Å². The fourth-order valence-corrected chi connectivity index (χ4v) is 2.12. The molecule has 1 fully saturated rings. The van der Waals surface area contributed by atoms with Gasteiger partial charge in [0, 0.05) is 23.6 Å². The molecule has 0 saturated heterocycles. The molecule has 23 heavy (non-hydrogen) atoms. The minimum atomic E-state index is -1.08. The summed E-state index contributed by atoms with van der Waals surface area (Å²) in [5.74, 6) is -2.90. The lowest BCUT2D eigenvalue weighted by Gasteiger charge is -2.08. The van der Waals surface area contributed by atoms with Gasteiger partial charge in [-0.3, -0.25) is 10.1 Å². The summed E-state index contributed by atoms with van der Waals surface area (Å²) in [5.41, 5.74) is 0.475. The van der Waals surface area contributed by atoms with Crippen molar-refractivity contribution in [3.8, 4) is 0 Å². The summed E-state index contributed by atoms with van der Waals surface area (Å²) in [6, 6.07) is 5.28. The number of hydrogen-bond acceptors (Lipinski definition) is 8. The lowest BCUT2D eigenvalue weighted by atomic mass is 10.1. The number of nitro benzene ring substituents is 1. The molecule has 9 heteroatoms. The molecule has 0 spiro atoms. The Hall–Kier alpha value is -3.10. The smallest absolute Gasteiger partial charge is 0.308 e. The van der Waals surface area contributed by atoms with Crippen LogP contribution in [0.25, 0.3) is 0 Å². The molecule has 0 unspecified atom stereocenters. The van der Waals surface area contributed by atoms with Gasteiger partial charge in [-0.1, -0.05) is 12.1 Å². The van der Waals surface area contributed by atoms with E-state index in [1.54, 1.807) is 0 Å². The standard InChI is InChI=1S/C14H13N3O6/c15-10-5-6-11(16)13(10)14(19)23-22-12(18)7-8-1-3-9(4-2-8)17(20)21/h1-4,13,15-16H,5-7H2. The summed E-state index contributed by atoms with van der Waals surface area (Å²) < 4.78 is 0. The lowest BCUT2D eigenvalue weighted by Crippen LogP contribution is -2.27. The highest BCUT2D eigenvalue weighted by Crippen LogP contribution is 2.20. The summed E-state index contributed by atoms with van der Waals surface area (Å²) in [7, 11) is 0. The zero-order chi connectivity index (χ0) is 17.0. The Kier molecular flexibility index (Phi) is 4.79. The molecular formula is C14H13N3O6. The minimum absolute atomic E-state index is 0.0615. The number of hydrogen-bond donors (Lipinski definition) is 2. The van der Waals surface area contributed by atoms with Crippen molar-refractivity contribution in [2.75, 3.05) is 0 Å². The quantitative estimate of drug-likeness (QED) is 0.490. The molecule has 2 rings (SSSR count). The van der Waals surface area contributed by atoms with Gasteiger partial charge in [-0.25, -0.2) is 19.4 Å². The van der Waals surface area contributed by atoms with Gasteiger partial charge in [0.05, 0.1) is 11.3 Å². The Morgan fingerprint density at radius 1 is 1.13 bits per heavy atom. The summed E-state index contributed by atoms with van der Waals surface area (Å²) in [6.45, 7) is 0. The molecule has 0 heterocycles. The first-order valence-corrected chi connectivity index (χ1v) is 6.67. The maximum Gasteiger partial charge on any atom is 0.369 e. The van der Waals surface area contributed by atoms with E-state index in [2.05, 4.69) is 9.78 Å². The van der Waals surface area contributed by atoms with Gasteiger partial charge in [-0.15, -0.1) is 0 Å². The maximum absolute atomic E-state index is 11.7. The summed E-state index contributed by atoms with van der Waals surface area (Å²) in [5, 5.41) is 25.6. The topological polar surface area (TPSA) is 143 Å². The van der Waals surface area contributed by atoms with Crippen molar-refractivity contribution in [2.45, 2.75) is 19.3 Å². The number of non-ortho nitro benzene ring substituents is 1. The van der Waals surface area contributed by atoms with Crippen molar-refractivity contribution >= 4 is 29.0 Å². The molecule has 2 N–H and O–H groups in total. The summed E-state index contributed by atoms with van der Waals surface area (Å²) in [4.78, 5) is 42.0. The molecule has 0 aliphatic heterocycles. The number of nitrogens with one attached hydrogen (secondary N) is 2. The zero-order valence-corrected chi connectivity index (χ0v) is 11.9. The average molecular weight is 319 g/mol. The molecule has 1 aromatic carbocycles. The molecule has 9 nitrogen and oxygen atoms in total. The van der Waals surface area contributed by atoms with Crippen LogP contribution in [0.4, 0.5) is 5.69 Å². The molecule has 0 amide bonds. The third-order valence-corrected chi connectivity index (χ3v) is 3.31. The summed E-state index contributed by atoms with van der Waals surface area (Å²) in [6.07, 6.45) is 0.398. The van der Waals surface area contributed by atoms with Crippen LogP contribution in [0.2, 0.25) is 0 Å². The first kappa shape index (κ1) is 16.3. The van der Waals surface area contributed by atoms with E-state index in [0.29, 0.717) is 18.4 Å². The summed E-state index contributed by atoms with van der Waals surface area (Å²) >= 11 is 0. The van der Waals surface area contributed by atoms with Crippen LogP contribution in [0, 0.1) is 26.9 Å². The predicted molar refractivity (Wildman–Crippen MR) is 77.2 cm³/mol. The van der Waals surface area contributed by atoms with Gasteiger partial charge in [-0.2, -0.15) is 0 Å². The zero-order valence-electron chi connectivity index (χ0n) is 11.9. The molecule has 120 valence electrons. The Morgan fingerprint density at radius 2 is 1.70 bits per heavy atom. The molecule has 1 aliphatic carbocycles. The Balaban J connectivity index is 1.85. The predicted octanol–water partition coefficient (Wildman–Crippen LogP) is 1.59. The highest BCUT2D eigenvalue weighted by molar-refractivity contribution is 6.23. The van der Waals surface area contributed by atoms with Crippen LogP contribution in [0.3, 0.4) is 0 Å². The highest BCUT2D eigenvalue weighted by atomic mass is 17.2. The van der Waals surface area contributed by atoms with Gasteiger partial charge in [-0.05, 0) is 18.4 Å². The minimum Gasteiger partial charge on any atom is -0.308 e. The van der Waals surface area contributed by atoms with E-state index in [1.807, 2.05) is 0 Å². The van der Waals surface area contributed by atoms with E-state index >= 15 is 0 Å². The number of carbonyl (C=O) groups is 2. The highest BCUT2D eigenvalue weighted by Gasteiger charge is 2.35. The number of nitro groups is 1. The molecule has 1 saturated carbocycles. The van der Waals surface area contributed by atoms with Crippen LogP contribution < -0.4 is 0 Å².